The number of nitrogens with zero attached hydrogens (tertiary/aromatic N) is 4. The van der Waals surface area contributed by atoms with Gasteiger partial charge in [-0.2, -0.15) is 5.10 Å². The molecular weight excluding hydrogens is 202 g/mol. The van der Waals surface area contributed by atoms with Crippen LogP contribution < -0.4 is 15.1 Å². The van der Waals surface area contributed by atoms with Crippen LogP contribution in [0.4, 0.5) is 11.5 Å². The molecule has 0 unspecified atom stereocenters. The fraction of sp³-hybridized carbons (Fsp3) is 0.636. The maximum Gasteiger partial charge on any atom is 0.174 e. The quantitative estimate of drug-likeness (QED) is 0.776. The van der Waals surface area contributed by atoms with Crippen LogP contribution in [-0.4, -0.2) is 50.5 Å². The Balaban J connectivity index is 2.32. The van der Waals surface area contributed by atoms with Crippen LogP contribution in [-0.2, 0) is 0 Å². The summed E-state index contributed by atoms with van der Waals surface area (Å²) in [6.45, 7) is 6.12. The summed E-state index contributed by atoms with van der Waals surface area (Å²) in [7, 11) is 4.01. The fourth-order valence-electron chi connectivity index (χ4n) is 1.93. The standard InChI is InChI=1S/C11H19N5/c1-9-8-10(11(14-13-9)15(2)3)16-6-4-12-5-7-16/h8,12H,4-7H2,1-3H3. The summed E-state index contributed by atoms with van der Waals surface area (Å²) in [5.74, 6) is 0.951. The Labute approximate surface area is 96.5 Å². The normalized spacial score (nSPS) is 16.3. The first kappa shape index (κ1) is 11.1. The van der Waals surface area contributed by atoms with Gasteiger partial charge < -0.3 is 15.1 Å². The van der Waals surface area contributed by atoms with Gasteiger partial charge in [0, 0.05) is 40.3 Å². The third-order valence-electron chi connectivity index (χ3n) is 2.76. The zero-order chi connectivity index (χ0) is 11.5. The Bertz CT molecular complexity index is 357. The molecule has 1 fully saturated rings. The Morgan fingerprint density at radius 2 is 1.94 bits per heavy atom. The number of nitrogens with one attached hydrogen (secondary N) is 1. The molecule has 1 N–H and O–H groups in total. The molecule has 0 spiro atoms. The van der Waals surface area contributed by atoms with Crippen molar-refractivity contribution in [3.63, 3.8) is 0 Å². The van der Waals surface area contributed by atoms with Crippen molar-refractivity contribution in [2.24, 2.45) is 0 Å². The van der Waals surface area contributed by atoms with Crippen LogP contribution >= 0.6 is 0 Å². The highest BCUT2D eigenvalue weighted by molar-refractivity contribution is 5.66. The van der Waals surface area contributed by atoms with E-state index in [1.165, 1.54) is 5.69 Å². The summed E-state index contributed by atoms with van der Waals surface area (Å²) in [4.78, 5) is 4.39. The first-order valence-electron chi connectivity index (χ1n) is 5.66. The number of rotatable bonds is 2. The molecule has 1 aliphatic heterocycles. The molecule has 2 rings (SSSR count). The number of anilines is 2. The summed E-state index contributed by atoms with van der Waals surface area (Å²) < 4.78 is 0. The van der Waals surface area contributed by atoms with Gasteiger partial charge >= 0.3 is 0 Å². The van der Waals surface area contributed by atoms with Gasteiger partial charge in [0.2, 0.25) is 0 Å². The summed E-state index contributed by atoms with van der Waals surface area (Å²) in [6.07, 6.45) is 0. The molecule has 0 aromatic carbocycles. The minimum Gasteiger partial charge on any atom is -0.366 e. The minimum atomic E-state index is 0.951. The highest BCUT2D eigenvalue weighted by Crippen LogP contribution is 2.25. The van der Waals surface area contributed by atoms with Crippen molar-refractivity contribution in [2.75, 3.05) is 50.1 Å². The van der Waals surface area contributed by atoms with Crippen molar-refractivity contribution >= 4 is 11.5 Å². The second-order valence-corrected chi connectivity index (χ2v) is 4.33. The first-order chi connectivity index (χ1) is 7.68. The van der Waals surface area contributed by atoms with E-state index in [1.807, 2.05) is 25.9 Å². The van der Waals surface area contributed by atoms with Crippen molar-refractivity contribution in [2.45, 2.75) is 6.92 Å². The van der Waals surface area contributed by atoms with E-state index in [-0.39, 0.29) is 0 Å². The SMILES string of the molecule is Cc1cc(N2CCNCC2)c(N(C)C)nn1. The van der Waals surface area contributed by atoms with Gasteiger partial charge in [-0.3, -0.25) is 0 Å². The summed E-state index contributed by atoms with van der Waals surface area (Å²) in [6, 6.07) is 2.12. The molecule has 1 saturated heterocycles. The predicted octanol–water partition coefficient (Wildman–Crippen LogP) is 0.261. The van der Waals surface area contributed by atoms with Crippen LogP contribution in [0.25, 0.3) is 0 Å². The zero-order valence-electron chi connectivity index (χ0n) is 10.2. The third kappa shape index (κ3) is 2.24. The molecule has 5 nitrogen and oxygen atoms in total. The molecule has 88 valence electrons. The van der Waals surface area contributed by atoms with Crippen molar-refractivity contribution < 1.29 is 0 Å². The smallest absolute Gasteiger partial charge is 0.174 e. The van der Waals surface area contributed by atoms with Crippen molar-refractivity contribution in [1.29, 1.82) is 0 Å². The number of aromatic nitrogens is 2. The first-order valence-corrected chi connectivity index (χ1v) is 5.66. The summed E-state index contributed by atoms with van der Waals surface area (Å²) >= 11 is 0. The predicted molar refractivity (Wildman–Crippen MR) is 66.2 cm³/mol. The van der Waals surface area contributed by atoms with Crippen molar-refractivity contribution in [3.8, 4) is 0 Å². The van der Waals surface area contributed by atoms with Gasteiger partial charge in [0.1, 0.15) is 0 Å². The van der Waals surface area contributed by atoms with E-state index in [9.17, 15) is 0 Å². The largest absolute Gasteiger partial charge is 0.366 e. The molecule has 5 heteroatoms. The molecule has 0 amide bonds. The molecule has 0 saturated carbocycles. The average molecular weight is 221 g/mol. The second-order valence-electron chi connectivity index (χ2n) is 4.33. The molecule has 0 radical (unpaired) electrons. The van der Waals surface area contributed by atoms with E-state index in [1.54, 1.807) is 0 Å². The molecule has 0 bridgehead atoms. The highest BCUT2D eigenvalue weighted by atomic mass is 15.3. The third-order valence-corrected chi connectivity index (χ3v) is 2.76. The van der Waals surface area contributed by atoms with E-state index in [0.29, 0.717) is 0 Å². The monoisotopic (exact) mass is 221 g/mol. The molecular formula is C11H19N5. The Kier molecular flexibility index (Phi) is 3.24. The molecule has 1 aliphatic rings. The van der Waals surface area contributed by atoms with Crippen LogP contribution in [0.2, 0.25) is 0 Å². The maximum absolute atomic E-state index is 4.27. The maximum atomic E-state index is 4.27. The Morgan fingerprint density at radius 1 is 1.25 bits per heavy atom. The van der Waals surface area contributed by atoms with Crippen molar-refractivity contribution in [1.82, 2.24) is 15.5 Å². The van der Waals surface area contributed by atoms with Crippen LogP contribution in [0.1, 0.15) is 5.69 Å². The van der Waals surface area contributed by atoms with E-state index >= 15 is 0 Å². The van der Waals surface area contributed by atoms with E-state index < -0.39 is 0 Å². The van der Waals surface area contributed by atoms with E-state index in [2.05, 4.69) is 26.5 Å². The fourth-order valence-corrected chi connectivity index (χ4v) is 1.93. The van der Waals surface area contributed by atoms with Gasteiger partial charge in [-0.1, -0.05) is 0 Å². The van der Waals surface area contributed by atoms with Crippen LogP contribution in [0, 0.1) is 6.92 Å². The Hall–Kier alpha value is -1.36. The lowest BCUT2D eigenvalue weighted by atomic mass is 10.2. The topological polar surface area (TPSA) is 44.3 Å². The molecule has 16 heavy (non-hydrogen) atoms. The number of hydrogen-bond donors (Lipinski definition) is 1. The molecule has 2 heterocycles. The van der Waals surface area contributed by atoms with Crippen LogP contribution in [0.15, 0.2) is 6.07 Å². The number of aryl methyl sites for hydroxylation is 1. The van der Waals surface area contributed by atoms with Gasteiger partial charge in [-0.05, 0) is 13.0 Å². The van der Waals surface area contributed by atoms with E-state index in [0.717, 1.165) is 37.7 Å². The van der Waals surface area contributed by atoms with Gasteiger partial charge in [-0.25, -0.2) is 0 Å². The van der Waals surface area contributed by atoms with Gasteiger partial charge in [0.15, 0.2) is 5.82 Å². The van der Waals surface area contributed by atoms with Crippen LogP contribution in [0.3, 0.4) is 0 Å². The van der Waals surface area contributed by atoms with Gasteiger partial charge in [0.25, 0.3) is 0 Å². The number of piperazine rings is 1. The molecule has 0 aliphatic carbocycles. The molecule has 1 aromatic rings. The lowest BCUT2D eigenvalue weighted by molar-refractivity contribution is 0.588. The molecule has 1 aromatic heterocycles. The Morgan fingerprint density at radius 3 is 2.56 bits per heavy atom. The lowest BCUT2D eigenvalue weighted by Gasteiger charge is -2.31. The summed E-state index contributed by atoms with van der Waals surface area (Å²) in [5, 5.41) is 11.7. The van der Waals surface area contributed by atoms with Crippen molar-refractivity contribution in [3.05, 3.63) is 11.8 Å². The van der Waals surface area contributed by atoms with E-state index in [4.69, 9.17) is 0 Å². The minimum absolute atomic E-state index is 0.951. The number of hydrogen-bond acceptors (Lipinski definition) is 5. The highest BCUT2D eigenvalue weighted by Gasteiger charge is 2.16. The second kappa shape index (κ2) is 4.65. The molecule has 0 atom stereocenters. The van der Waals surface area contributed by atoms with Gasteiger partial charge in [0.05, 0.1) is 11.4 Å². The van der Waals surface area contributed by atoms with Crippen LogP contribution in [0.5, 0.6) is 0 Å². The average Bonchev–Trinajstić information content (AvgIpc) is 2.29. The zero-order valence-corrected chi connectivity index (χ0v) is 10.2. The van der Waals surface area contributed by atoms with Gasteiger partial charge in [-0.15, -0.1) is 5.10 Å². The lowest BCUT2D eigenvalue weighted by Crippen LogP contribution is -2.44. The summed E-state index contributed by atoms with van der Waals surface area (Å²) in [5.41, 5.74) is 2.16.